The van der Waals surface area contributed by atoms with E-state index in [0.29, 0.717) is 38.7 Å². The van der Waals surface area contributed by atoms with Crippen LogP contribution in [-0.4, -0.2) is 43.1 Å². The number of benzene rings is 1. The van der Waals surface area contributed by atoms with E-state index in [2.05, 4.69) is 12.2 Å². The van der Waals surface area contributed by atoms with E-state index in [1.54, 1.807) is 0 Å². The molecule has 3 rings (SSSR count). The van der Waals surface area contributed by atoms with Crippen molar-refractivity contribution in [2.24, 2.45) is 11.8 Å². The average molecular weight is 535 g/mol. The molecule has 1 saturated carbocycles. The summed E-state index contributed by atoms with van der Waals surface area (Å²) < 4.78 is 54.3. The van der Waals surface area contributed by atoms with Gasteiger partial charge in [-0.2, -0.15) is 0 Å². The Morgan fingerprint density at radius 1 is 1.16 bits per heavy atom. The van der Waals surface area contributed by atoms with Gasteiger partial charge in [-0.15, -0.1) is 0 Å². The van der Waals surface area contributed by atoms with E-state index < -0.39 is 18.3 Å². The van der Waals surface area contributed by atoms with Crippen LogP contribution in [0.25, 0.3) is 0 Å². The number of esters is 1. The lowest BCUT2D eigenvalue weighted by Crippen LogP contribution is -2.35. The zero-order valence-corrected chi connectivity index (χ0v) is 23.0. The summed E-state index contributed by atoms with van der Waals surface area (Å²) in [5.41, 5.74) is 0.842. The monoisotopic (exact) mass is 534 g/mol. The van der Waals surface area contributed by atoms with Gasteiger partial charge in [-0.1, -0.05) is 68.0 Å². The number of carbonyl (C=O) groups excluding carboxylic acids is 1. The number of allylic oxidation sites excluding steroid dienone is 2. The molecular formula is C31H44F2O5. The number of alkyl halides is 2. The predicted octanol–water partition coefficient (Wildman–Crippen LogP) is 7.40. The summed E-state index contributed by atoms with van der Waals surface area (Å²) in [5.74, 6) is -3.55. The highest BCUT2D eigenvalue weighted by molar-refractivity contribution is 5.69. The third-order valence-electron chi connectivity index (χ3n) is 7.30. The van der Waals surface area contributed by atoms with E-state index in [1.165, 1.54) is 6.08 Å². The van der Waals surface area contributed by atoms with Gasteiger partial charge in [0, 0.05) is 37.7 Å². The number of unbranched alkanes of at least 4 members (excludes halogenated alkanes) is 1. The predicted molar refractivity (Wildman–Crippen MR) is 144 cm³/mol. The first-order valence-corrected chi connectivity index (χ1v) is 14.2. The smallest absolute Gasteiger partial charge is 0.306 e. The van der Waals surface area contributed by atoms with Crippen LogP contribution < -0.4 is 0 Å². The first-order chi connectivity index (χ1) is 18.3. The van der Waals surface area contributed by atoms with Crippen LogP contribution in [0.5, 0.6) is 0 Å². The van der Waals surface area contributed by atoms with Gasteiger partial charge in [-0.25, -0.2) is 8.78 Å². The first kappa shape index (κ1) is 30.5. The Bertz CT molecular complexity index is 888. The maximum Gasteiger partial charge on any atom is 0.306 e. The highest BCUT2D eigenvalue weighted by atomic mass is 19.3. The molecule has 0 radical (unpaired) electrons. The van der Waals surface area contributed by atoms with E-state index in [1.807, 2.05) is 57.2 Å². The second-order valence-electron chi connectivity index (χ2n) is 10.3. The molecule has 1 aromatic rings. The molecule has 1 aromatic carbocycles. The molecule has 0 saturated heterocycles. The Labute approximate surface area is 226 Å². The summed E-state index contributed by atoms with van der Waals surface area (Å²) >= 11 is 0. The van der Waals surface area contributed by atoms with E-state index in [0.717, 1.165) is 18.4 Å². The van der Waals surface area contributed by atoms with E-state index in [4.69, 9.17) is 18.9 Å². The normalized spacial score (nSPS) is 27.0. The highest BCUT2D eigenvalue weighted by Crippen LogP contribution is 2.41. The van der Waals surface area contributed by atoms with Crippen molar-refractivity contribution < 1.29 is 32.5 Å². The number of halogens is 2. The molecule has 6 atom stereocenters. The summed E-state index contributed by atoms with van der Waals surface area (Å²) in [7, 11) is 0. The summed E-state index contributed by atoms with van der Waals surface area (Å²) in [6.45, 7) is 6.22. The average Bonchev–Trinajstić information content (AvgIpc) is 3.20. The molecule has 0 spiro atoms. The second-order valence-corrected chi connectivity index (χ2v) is 10.3. The third-order valence-corrected chi connectivity index (χ3v) is 7.30. The van der Waals surface area contributed by atoms with Crippen molar-refractivity contribution in [3.63, 3.8) is 0 Å². The molecule has 5 nitrogen and oxygen atoms in total. The number of fused-ring (bicyclic) bond motifs is 1. The van der Waals surface area contributed by atoms with Crippen LogP contribution in [0.2, 0.25) is 0 Å². The second kappa shape index (κ2) is 15.5. The quantitative estimate of drug-likeness (QED) is 0.150. The Morgan fingerprint density at radius 2 is 1.95 bits per heavy atom. The number of hydrogen-bond acceptors (Lipinski definition) is 5. The van der Waals surface area contributed by atoms with Crippen molar-refractivity contribution >= 4 is 5.97 Å². The van der Waals surface area contributed by atoms with Gasteiger partial charge >= 0.3 is 5.97 Å². The molecule has 7 heteroatoms. The van der Waals surface area contributed by atoms with Crippen LogP contribution in [0.4, 0.5) is 8.78 Å². The van der Waals surface area contributed by atoms with Gasteiger partial charge in [-0.05, 0) is 45.1 Å². The minimum Gasteiger partial charge on any atom is -0.462 e. The number of carbonyl (C=O) groups is 1. The van der Waals surface area contributed by atoms with Crippen LogP contribution in [0.15, 0.2) is 54.6 Å². The maximum absolute atomic E-state index is 15.4. The summed E-state index contributed by atoms with van der Waals surface area (Å²) in [4.78, 5) is 12.5. The fourth-order valence-electron chi connectivity index (χ4n) is 5.29. The molecule has 0 N–H and O–H groups in total. The third kappa shape index (κ3) is 9.28. The molecule has 212 valence electrons. The lowest BCUT2D eigenvalue weighted by atomic mass is 9.88. The van der Waals surface area contributed by atoms with Crippen LogP contribution in [-0.2, 0) is 30.3 Å². The fraction of sp³-hybridized carbons (Fsp3) is 0.645. The molecule has 2 aliphatic rings. The van der Waals surface area contributed by atoms with Gasteiger partial charge in [0.05, 0.1) is 12.7 Å². The zero-order valence-electron chi connectivity index (χ0n) is 23.0. The lowest BCUT2D eigenvalue weighted by Gasteiger charge is -2.28. The minimum absolute atomic E-state index is 0.0811. The number of hydrogen-bond donors (Lipinski definition) is 0. The minimum atomic E-state index is -3.02. The molecule has 1 aliphatic carbocycles. The Balaban J connectivity index is 1.87. The number of rotatable bonds is 13. The summed E-state index contributed by atoms with van der Waals surface area (Å²) in [6, 6.07) is 9.36. The van der Waals surface area contributed by atoms with Gasteiger partial charge in [0.2, 0.25) is 0 Å². The lowest BCUT2D eigenvalue weighted by molar-refractivity contribution is -0.165. The maximum atomic E-state index is 15.4. The SMILES string of the molecule is CCCCC(F)(F)[C@@H](/C=C/[C@@H]1[C@@H]2C/C=C\CCCC(=O)OC2C[C@H]1OC(C)OCC)OCc1ccccc1. The molecule has 38 heavy (non-hydrogen) atoms. The van der Waals surface area contributed by atoms with Crippen LogP contribution in [0.3, 0.4) is 0 Å². The first-order valence-electron chi connectivity index (χ1n) is 14.2. The topological polar surface area (TPSA) is 54.0 Å². The molecule has 1 fully saturated rings. The molecule has 1 aliphatic heterocycles. The molecule has 0 amide bonds. The largest absolute Gasteiger partial charge is 0.462 e. The summed E-state index contributed by atoms with van der Waals surface area (Å²) in [5, 5.41) is 0. The van der Waals surface area contributed by atoms with Gasteiger partial charge in [0.15, 0.2) is 6.29 Å². The van der Waals surface area contributed by atoms with Crippen molar-refractivity contribution in [3.8, 4) is 0 Å². The molecule has 1 heterocycles. The van der Waals surface area contributed by atoms with Crippen molar-refractivity contribution in [2.45, 2.75) is 109 Å². The standard InChI is InChI=1S/C31H44F2O5/c1-4-6-20-31(32,33)29(36-22-24-14-10-9-11-15-24)19-18-26-25-16-12-7-8-13-17-30(34)38-28(25)21-27(26)37-23(3)35-5-2/h7,9-12,14-15,18-19,23,25-29H,4-6,8,13,16-17,20-22H2,1-3H3/b12-7-,19-18+/t23?,25-,26+,27+,28?,29+/m0/s1. The van der Waals surface area contributed by atoms with E-state index in [9.17, 15) is 4.79 Å². The highest BCUT2D eigenvalue weighted by Gasteiger charge is 2.46. The Morgan fingerprint density at radius 3 is 2.68 bits per heavy atom. The van der Waals surface area contributed by atoms with Crippen molar-refractivity contribution in [1.82, 2.24) is 0 Å². The molecule has 2 unspecified atom stereocenters. The summed E-state index contributed by atoms with van der Waals surface area (Å²) in [6.07, 6.45) is 8.99. The van der Waals surface area contributed by atoms with Crippen molar-refractivity contribution in [3.05, 3.63) is 60.2 Å². The van der Waals surface area contributed by atoms with Gasteiger partial charge in [0.25, 0.3) is 5.92 Å². The van der Waals surface area contributed by atoms with Crippen LogP contribution in [0, 0.1) is 11.8 Å². The fourth-order valence-corrected chi connectivity index (χ4v) is 5.29. The van der Waals surface area contributed by atoms with E-state index >= 15 is 8.78 Å². The Hall–Kier alpha value is -2.09. The van der Waals surface area contributed by atoms with Gasteiger partial charge < -0.3 is 18.9 Å². The zero-order chi connectivity index (χ0) is 27.4. The molecule has 0 bridgehead atoms. The van der Waals surface area contributed by atoms with Crippen molar-refractivity contribution in [1.29, 1.82) is 0 Å². The number of ether oxygens (including phenoxy) is 4. The molecular weight excluding hydrogens is 490 g/mol. The Kier molecular flexibility index (Phi) is 12.4. The van der Waals surface area contributed by atoms with Crippen molar-refractivity contribution in [2.75, 3.05) is 6.61 Å². The van der Waals surface area contributed by atoms with Gasteiger partial charge in [0.1, 0.15) is 12.2 Å². The van der Waals surface area contributed by atoms with Gasteiger partial charge in [-0.3, -0.25) is 4.79 Å². The van der Waals surface area contributed by atoms with Crippen LogP contribution >= 0.6 is 0 Å². The van der Waals surface area contributed by atoms with Crippen LogP contribution in [0.1, 0.15) is 77.7 Å². The molecule has 0 aromatic heterocycles. The van der Waals surface area contributed by atoms with E-state index in [-0.39, 0.29) is 43.0 Å².